The molecule has 7 heteroatoms. The molecule has 6 nitrogen and oxygen atoms in total. The van der Waals surface area contributed by atoms with Gasteiger partial charge in [-0.2, -0.15) is 0 Å². The van der Waals surface area contributed by atoms with Crippen LogP contribution in [-0.2, 0) is 12.3 Å². The fraction of sp³-hybridized carbons (Fsp3) is 0.500. The molecule has 0 unspecified atom stereocenters. The molecule has 0 aliphatic carbocycles. The van der Waals surface area contributed by atoms with Crippen molar-refractivity contribution < 1.29 is 4.74 Å². The molecule has 0 spiro atoms. The Hall–Kier alpha value is -1.60. The van der Waals surface area contributed by atoms with Gasteiger partial charge in [0.25, 0.3) is 0 Å². The second kappa shape index (κ2) is 8.63. The highest BCUT2D eigenvalue weighted by molar-refractivity contribution is 7.98. The summed E-state index contributed by atoms with van der Waals surface area (Å²) in [4.78, 5) is 0. The van der Waals surface area contributed by atoms with Crippen molar-refractivity contribution in [2.24, 2.45) is 0 Å². The number of ether oxygens (including phenoxy) is 1. The Kier molecular flexibility index (Phi) is 6.49. The number of hydrogen-bond donors (Lipinski definition) is 1. The Morgan fingerprint density at radius 3 is 3.05 bits per heavy atom. The van der Waals surface area contributed by atoms with Crippen molar-refractivity contribution in [3.63, 3.8) is 0 Å². The van der Waals surface area contributed by atoms with E-state index >= 15 is 0 Å². The molecular weight excluding hydrogens is 286 g/mol. The third-order valence-electron chi connectivity index (χ3n) is 2.93. The molecular formula is C14H21N5OS. The number of tetrazole rings is 1. The van der Waals surface area contributed by atoms with Gasteiger partial charge in [-0.3, -0.25) is 0 Å². The van der Waals surface area contributed by atoms with Crippen molar-refractivity contribution in [1.82, 2.24) is 25.5 Å². The van der Waals surface area contributed by atoms with Crippen LogP contribution in [0, 0.1) is 0 Å². The van der Waals surface area contributed by atoms with Gasteiger partial charge >= 0.3 is 0 Å². The van der Waals surface area contributed by atoms with Crippen molar-refractivity contribution in [2.45, 2.75) is 30.8 Å². The van der Waals surface area contributed by atoms with Crippen molar-refractivity contribution in [1.29, 1.82) is 0 Å². The smallest absolute Gasteiger partial charge is 0.209 e. The molecule has 114 valence electrons. The molecule has 1 aromatic heterocycles. The SMILES string of the molecule is CCCNCCn1nnnc1SCc1cccc(OC)c1. The maximum absolute atomic E-state index is 5.23. The summed E-state index contributed by atoms with van der Waals surface area (Å²) in [6, 6.07) is 8.04. The minimum Gasteiger partial charge on any atom is -0.497 e. The van der Waals surface area contributed by atoms with Crippen LogP contribution in [0.25, 0.3) is 0 Å². The number of methoxy groups -OCH3 is 1. The van der Waals surface area contributed by atoms with E-state index in [1.165, 1.54) is 5.56 Å². The highest BCUT2D eigenvalue weighted by atomic mass is 32.2. The van der Waals surface area contributed by atoms with E-state index in [0.717, 1.165) is 42.7 Å². The van der Waals surface area contributed by atoms with Crippen molar-refractivity contribution in [3.8, 4) is 5.75 Å². The minimum atomic E-state index is 0.785. The van der Waals surface area contributed by atoms with Gasteiger partial charge in [-0.05, 0) is 41.1 Å². The molecule has 0 radical (unpaired) electrons. The molecule has 1 heterocycles. The number of aromatic nitrogens is 4. The average molecular weight is 307 g/mol. The Morgan fingerprint density at radius 2 is 2.24 bits per heavy atom. The molecule has 0 bridgehead atoms. The topological polar surface area (TPSA) is 64.9 Å². The summed E-state index contributed by atoms with van der Waals surface area (Å²) >= 11 is 1.63. The first kappa shape index (κ1) is 15.8. The molecule has 0 amide bonds. The molecule has 2 aromatic rings. The van der Waals surface area contributed by atoms with Crippen LogP contribution in [0.3, 0.4) is 0 Å². The molecule has 0 aliphatic heterocycles. The van der Waals surface area contributed by atoms with Gasteiger partial charge in [-0.1, -0.05) is 30.8 Å². The zero-order chi connectivity index (χ0) is 14.9. The van der Waals surface area contributed by atoms with Gasteiger partial charge < -0.3 is 10.1 Å². The van der Waals surface area contributed by atoms with Crippen molar-refractivity contribution in [2.75, 3.05) is 20.2 Å². The Balaban J connectivity index is 1.86. The first-order valence-electron chi connectivity index (χ1n) is 7.06. The quantitative estimate of drug-likeness (QED) is 0.564. The van der Waals surface area contributed by atoms with E-state index in [1.807, 2.05) is 22.9 Å². The lowest BCUT2D eigenvalue weighted by molar-refractivity contribution is 0.414. The predicted molar refractivity (Wildman–Crippen MR) is 83.5 cm³/mol. The molecule has 0 saturated heterocycles. The van der Waals surface area contributed by atoms with Gasteiger partial charge in [0.05, 0.1) is 13.7 Å². The summed E-state index contributed by atoms with van der Waals surface area (Å²) in [7, 11) is 1.68. The number of thioether (sulfide) groups is 1. The van der Waals surface area contributed by atoms with Crippen LogP contribution < -0.4 is 10.1 Å². The van der Waals surface area contributed by atoms with E-state index in [0.29, 0.717) is 0 Å². The lowest BCUT2D eigenvalue weighted by atomic mass is 10.2. The zero-order valence-corrected chi connectivity index (χ0v) is 13.3. The molecule has 1 aromatic carbocycles. The Morgan fingerprint density at radius 1 is 1.33 bits per heavy atom. The molecule has 1 N–H and O–H groups in total. The zero-order valence-electron chi connectivity index (χ0n) is 12.5. The van der Waals surface area contributed by atoms with Crippen LogP contribution >= 0.6 is 11.8 Å². The number of hydrogen-bond acceptors (Lipinski definition) is 6. The van der Waals surface area contributed by atoms with Gasteiger partial charge in [0.2, 0.25) is 5.16 Å². The van der Waals surface area contributed by atoms with Crippen LogP contribution in [0.1, 0.15) is 18.9 Å². The number of benzene rings is 1. The molecule has 0 atom stereocenters. The molecule has 21 heavy (non-hydrogen) atoms. The van der Waals surface area contributed by atoms with Crippen molar-refractivity contribution in [3.05, 3.63) is 29.8 Å². The number of nitrogens with one attached hydrogen (secondary N) is 1. The lowest BCUT2D eigenvalue weighted by Gasteiger charge is -2.06. The second-order valence-corrected chi connectivity index (χ2v) is 5.52. The largest absolute Gasteiger partial charge is 0.497 e. The lowest BCUT2D eigenvalue weighted by Crippen LogP contribution is -2.21. The van der Waals surface area contributed by atoms with E-state index in [1.54, 1.807) is 18.9 Å². The Bertz CT molecular complexity index is 546. The van der Waals surface area contributed by atoms with Gasteiger partial charge in [-0.25, -0.2) is 4.68 Å². The monoisotopic (exact) mass is 307 g/mol. The van der Waals surface area contributed by atoms with Crippen LogP contribution in [0.4, 0.5) is 0 Å². The standard InChI is InChI=1S/C14H21N5OS/c1-3-7-15-8-9-19-14(16-17-18-19)21-11-12-5-4-6-13(10-12)20-2/h4-6,10,15H,3,7-9,11H2,1-2H3. The van der Waals surface area contributed by atoms with Gasteiger partial charge in [0.15, 0.2) is 0 Å². The van der Waals surface area contributed by atoms with Crippen LogP contribution in [0.5, 0.6) is 5.75 Å². The summed E-state index contributed by atoms with van der Waals surface area (Å²) in [6.45, 7) is 4.84. The number of rotatable bonds is 9. The third kappa shape index (κ3) is 5.02. The maximum atomic E-state index is 5.23. The number of nitrogens with zero attached hydrogens (tertiary/aromatic N) is 4. The summed E-state index contributed by atoms with van der Waals surface area (Å²) in [5.41, 5.74) is 1.19. The normalized spacial score (nSPS) is 10.8. The molecule has 0 saturated carbocycles. The Labute approximate surface area is 129 Å². The van der Waals surface area contributed by atoms with Gasteiger partial charge in [-0.15, -0.1) is 5.10 Å². The highest BCUT2D eigenvalue weighted by Gasteiger charge is 2.07. The molecule has 0 fully saturated rings. The van der Waals surface area contributed by atoms with E-state index in [9.17, 15) is 0 Å². The van der Waals surface area contributed by atoms with Crippen LogP contribution in [-0.4, -0.2) is 40.4 Å². The fourth-order valence-corrected chi connectivity index (χ4v) is 2.68. The first-order valence-corrected chi connectivity index (χ1v) is 8.04. The average Bonchev–Trinajstić information content (AvgIpc) is 2.97. The van der Waals surface area contributed by atoms with Gasteiger partial charge in [0.1, 0.15) is 5.75 Å². The predicted octanol–water partition coefficient (Wildman–Crippen LogP) is 1.97. The highest BCUT2D eigenvalue weighted by Crippen LogP contribution is 2.22. The summed E-state index contributed by atoms with van der Waals surface area (Å²) in [6.07, 6.45) is 1.13. The summed E-state index contributed by atoms with van der Waals surface area (Å²) in [5.74, 6) is 1.69. The fourth-order valence-electron chi connectivity index (χ4n) is 1.84. The first-order chi connectivity index (χ1) is 10.3. The molecule has 2 rings (SSSR count). The van der Waals surface area contributed by atoms with E-state index in [4.69, 9.17) is 4.74 Å². The van der Waals surface area contributed by atoms with Gasteiger partial charge in [0, 0.05) is 12.3 Å². The summed E-state index contributed by atoms with van der Waals surface area (Å²) in [5, 5.41) is 16.1. The second-order valence-electron chi connectivity index (χ2n) is 4.57. The van der Waals surface area contributed by atoms with E-state index in [-0.39, 0.29) is 0 Å². The van der Waals surface area contributed by atoms with Crippen LogP contribution in [0.2, 0.25) is 0 Å². The van der Waals surface area contributed by atoms with E-state index < -0.39 is 0 Å². The van der Waals surface area contributed by atoms with Crippen molar-refractivity contribution >= 4 is 11.8 Å². The minimum absolute atomic E-state index is 0.785. The maximum Gasteiger partial charge on any atom is 0.209 e. The third-order valence-corrected chi connectivity index (χ3v) is 3.96. The van der Waals surface area contributed by atoms with E-state index in [2.05, 4.69) is 33.8 Å². The van der Waals surface area contributed by atoms with Crippen LogP contribution in [0.15, 0.2) is 29.4 Å². The summed E-state index contributed by atoms with van der Waals surface area (Å²) < 4.78 is 7.07. The molecule has 0 aliphatic rings.